The molecular formula is C17H13N7. The first-order valence-corrected chi connectivity index (χ1v) is 7.34. The van der Waals surface area contributed by atoms with Gasteiger partial charge in [0.15, 0.2) is 0 Å². The van der Waals surface area contributed by atoms with E-state index in [-0.39, 0.29) is 5.71 Å². The number of anilines is 1. The van der Waals surface area contributed by atoms with Gasteiger partial charge in [-0.2, -0.15) is 20.4 Å². The lowest BCUT2D eigenvalue weighted by Crippen LogP contribution is -1.98. The monoisotopic (exact) mass is 315 g/mol. The van der Waals surface area contributed by atoms with Crippen molar-refractivity contribution in [2.45, 2.75) is 13.3 Å². The van der Waals surface area contributed by atoms with Gasteiger partial charge in [-0.15, -0.1) is 10.2 Å². The van der Waals surface area contributed by atoms with Gasteiger partial charge >= 0.3 is 0 Å². The van der Waals surface area contributed by atoms with E-state index in [0.29, 0.717) is 11.2 Å². The predicted molar refractivity (Wildman–Crippen MR) is 90.5 cm³/mol. The van der Waals surface area contributed by atoms with Gasteiger partial charge in [0.25, 0.3) is 0 Å². The van der Waals surface area contributed by atoms with Crippen molar-refractivity contribution in [3.63, 3.8) is 0 Å². The lowest BCUT2D eigenvalue weighted by molar-refractivity contribution is 0.765. The van der Waals surface area contributed by atoms with Gasteiger partial charge in [0, 0.05) is 0 Å². The highest BCUT2D eigenvalue weighted by atomic mass is 15.5. The number of hydrazone groups is 1. The third kappa shape index (κ3) is 3.06. The molecule has 24 heavy (non-hydrogen) atoms. The Morgan fingerprint density at radius 2 is 1.79 bits per heavy atom. The first kappa shape index (κ1) is 15.2. The minimum Gasteiger partial charge on any atom is -0.276 e. The fourth-order valence-corrected chi connectivity index (χ4v) is 2.16. The number of hydrogen-bond acceptors (Lipinski definition) is 6. The second kappa shape index (κ2) is 6.59. The number of benzene rings is 2. The third-order valence-electron chi connectivity index (χ3n) is 3.46. The average molecular weight is 315 g/mol. The van der Waals surface area contributed by atoms with Crippen LogP contribution in [0.1, 0.15) is 12.5 Å². The van der Waals surface area contributed by atoms with Crippen molar-refractivity contribution in [2.75, 3.05) is 5.43 Å². The molecule has 0 radical (unpaired) electrons. The molecule has 0 unspecified atom stereocenters. The normalized spacial score (nSPS) is 9.96. The third-order valence-corrected chi connectivity index (χ3v) is 3.46. The van der Waals surface area contributed by atoms with Gasteiger partial charge in [0.05, 0.1) is 11.4 Å². The molecule has 2 aromatic carbocycles. The van der Waals surface area contributed by atoms with Crippen LogP contribution in [0.5, 0.6) is 0 Å². The standard InChI is InChI=1S/C17H13N7/c1-2-12-3-6-15(7-4-12)24-22-16-8-5-13(9-17(16)23-24)20-21-14(10-18)11-19/h3-9,20H,2H2,1H3. The lowest BCUT2D eigenvalue weighted by Gasteiger charge is -2.00. The minimum absolute atomic E-state index is 0.241. The van der Waals surface area contributed by atoms with E-state index in [1.807, 2.05) is 12.1 Å². The summed E-state index contributed by atoms with van der Waals surface area (Å²) in [5.74, 6) is 0. The van der Waals surface area contributed by atoms with Gasteiger partial charge in [-0.1, -0.05) is 19.1 Å². The maximum absolute atomic E-state index is 8.67. The second-order valence-corrected chi connectivity index (χ2v) is 5.01. The molecule has 0 fully saturated rings. The predicted octanol–water partition coefficient (Wildman–Crippen LogP) is 2.80. The van der Waals surface area contributed by atoms with Crippen LogP contribution < -0.4 is 5.43 Å². The smallest absolute Gasteiger partial charge is 0.237 e. The van der Waals surface area contributed by atoms with Gasteiger partial charge in [-0.05, 0) is 42.3 Å². The first-order chi connectivity index (χ1) is 11.7. The molecule has 0 aliphatic carbocycles. The zero-order chi connectivity index (χ0) is 16.9. The number of aryl methyl sites for hydroxylation is 1. The molecule has 1 heterocycles. The van der Waals surface area contributed by atoms with Crippen LogP contribution in [-0.2, 0) is 6.42 Å². The molecule has 3 rings (SSSR count). The number of nitrogens with one attached hydrogen (secondary N) is 1. The summed E-state index contributed by atoms with van der Waals surface area (Å²) in [6, 6.07) is 16.8. The van der Waals surface area contributed by atoms with E-state index in [1.165, 1.54) is 5.56 Å². The van der Waals surface area contributed by atoms with Crippen molar-refractivity contribution in [3.8, 4) is 17.8 Å². The summed E-state index contributed by atoms with van der Waals surface area (Å²) < 4.78 is 0. The van der Waals surface area contributed by atoms with Crippen molar-refractivity contribution < 1.29 is 0 Å². The van der Waals surface area contributed by atoms with Gasteiger partial charge in [0.2, 0.25) is 5.71 Å². The van der Waals surface area contributed by atoms with Crippen LogP contribution in [0.4, 0.5) is 5.69 Å². The Morgan fingerprint density at radius 3 is 2.46 bits per heavy atom. The van der Waals surface area contributed by atoms with Crippen LogP contribution in [0.2, 0.25) is 0 Å². The number of aromatic nitrogens is 3. The molecule has 116 valence electrons. The molecule has 0 amide bonds. The summed E-state index contributed by atoms with van der Waals surface area (Å²) in [5.41, 5.74) is 6.61. The van der Waals surface area contributed by atoms with E-state index < -0.39 is 0 Å². The molecule has 1 N–H and O–H groups in total. The summed E-state index contributed by atoms with van der Waals surface area (Å²) in [4.78, 5) is 1.58. The molecule has 1 aromatic heterocycles. The van der Waals surface area contributed by atoms with E-state index in [2.05, 4.69) is 39.8 Å². The number of fused-ring (bicyclic) bond motifs is 1. The molecule has 0 saturated heterocycles. The Hall–Kier alpha value is -3.71. The summed E-state index contributed by atoms with van der Waals surface area (Å²) in [6.07, 6.45) is 0.984. The average Bonchev–Trinajstić information content (AvgIpc) is 3.06. The highest BCUT2D eigenvalue weighted by Gasteiger charge is 2.06. The van der Waals surface area contributed by atoms with Crippen molar-refractivity contribution in [2.24, 2.45) is 5.10 Å². The SMILES string of the molecule is CCc1ccc(-n2nc3ccc(NN=C(C#N)C#N)cc3n2)cc1. The number of nitrogens with zero attached hydrogens (tertiary/aromatic N) is 6. The maximum atomic E-state index is 8.67. The topological polar surface area (TPSA) is 103 Å². The van der Waals surface area contributed by atoms with Gasteiger partial charge < -0.3 is 0 Å². The van der Waals surface area contributed by atoms with Gasteiger partial charge in [0.1, 0.15) is 23.2 Å². The van der Waals surface area contributed by atoms with Crippen LogP contribution in [0.3, 0.4) is 0 Å². The summed E-state index contributed by atoms with van der Waals surface area (Å²) in [5, 5.41) is 30.0. The number of rotatable bonds is 4. The largest absolute Gasteiger partial charge is 0.276 e. The maximum Gasteiger partial charge on any atom is 0.237 e. The quantitative estimate of drug-likeness (QED) is 0.589. The van der Waals surface area contributed by atoms with Crippen LogP contribution in [-0.4, -0.2) is 20.7 Å². The first-order valence-electron chi connectivity index (χ1n) is 7.34. The zero-order valence-electron chi connectivity index (χ0n) is 12.9. The van der Waals surface area contributed by atoms with Gasteiger partial charge in [-0.25, -0.2) is 0 Å². The van der Waals surface area contributed by atoms with Crippen LogP contribution in [0, 0.1) is 22.7 Å². The minimum atomic E-state index is -0.241. The molecule has 7 heteroatoms. The molecule has 0 bridgehead atoms. The summed E-state index contributed by atoms with van der Waals surface area (Å²) in [6.45, 7) is 2.11. The van der Waals surface area contributed by atoms with Crippen molar-refractivity contribution in [3.05, 3.63) is 48.0 Å². The molecule has 7 nitrogen and oxygen atoms in total. The zero-order valence-corrected chi connectivity index (χ0v) is 12.9. The molecule has 0 aliphatic rings. The van der Waals surface area contributed by atoms with Crippen LogP contribution >= 0.6 is 0 Å². The molecule has 0 saturated carbocycles. The van der Waals surface area contributed by atoms with Crippen molar-refractivity contribution in [1.82, 2.24) is 15.0 Å². The Bertz CT molecular complexity index is 968. The van der Waals surface area contributed by atoms with Crippen LogP contribution in [0.25, 0.3) is 16.7 Å². The Kier molecular flexibility index (Phi) is 4.17. The fraction of sp³-hybridized carbons (Fsp3) is 0.118. The summed E-state index contributed by atoms with van der Waals surface area (Å²) in [7, 11) is 0. The summed E-state index contributed by atoms with van der Waals surface area (Å²) >= 11 is 0. The van der Waals surface area contributed by atoms with Crippen LogP contribution in [0.15, 0.2) is 47.6 Å². The highest BCUT2D eigenvalue weighted by molar-refractivity contribution is 6.10. The molecular weight excluding hydrogens is 302 g/mol. The molecule has 0 atom stereocenters. The molecule has 0 spiro atoms. The van der Waals surface area contributed by atoms with E-state index in [4.69, 9.17) is 10.5 Å². The van der Waals surface area contributed by atoms with Gasteiger partial charge in [-0.3, -0.25) is 5.43 Å². The Labute approximate surface area is 138 Å². The number of hydrogen-bond donors (Lipinski definition) is 1. The number of nitriles is 2. The molecule has 0 aliphatic heterocycles. The molecule has 3 aromatic rings. The second-order valence-electron chi connectivity index (χ2n) is 5.01. The highest BCUT2D eigenvalue weighted by Crippen LogP contribution is 2.18. The van der Waals surface area contributed by atoms with E-state index in [9.17, 15) is 0 Å². The Balaban J connectivity index is 1.90. The lowest BCUT2D eigenvalue weighted by atomic mass is 10.2. The van der Waals surface area contributed by atoms with E-state index in [1.54, 1.807) is 35.1 Å². The van der Waals surface area contributed by atoms with E-state index >= 15 is 0 Å². The van der Waals surface area contributed by atoms with E-state index in [0.717, 1.165) is 17.6 Å². The van der Waals surface area contributed by atoms with Crippen molar-refractivity contribution >= 4 is 22.4 Å². The fourth-order valence-electron chi connectivity index (χ4n) is 2.16. The Morgan fingerprint density at radius 1 is 1.08 bits per heavy atom. The van der Waals surface area contributed by atoms with Crippen molar-refractivity contribution in [1.29, 1.82) is 10.5 Å².